The quantitative estimate of drug-likeness (QED) is 0.144. The Hall–Kier alpha value is -2.52. The van der Waals surface area contributed by atoms with Crippen LogP contribution in [0.5, 0.6) is 0 Å². The van der Waals surface area contributed by atoms with Gasteiger partial charge in [-0.2, -0.15) is 0 Å². The molecule has 290 valence electrons. The molecule has 1 aromatic rings. The van der Waals surface area contributed by atoms with Crippen LogP contribution in [0, 0.1) is 54.3 Å². The maximum Gasteiger partial charge on any atom is 0.737 e. The second-order valence-electron chi connectivity index (χ2n) is 18.7. The molecule has 1 unspecified atom stereocenters. The second kappa shape index (κ2) is 13.9. The topological polar surface area (TPSA) is 52.7 Å². The van der Waals surface area contributed by atoms with Crippen molar-refractivity contribution in [2.45, 2.75) is 151 Å². The number of hydrogen-bond donors (Lipinski definition) is 0. The minimum atomic E-state index is -3.98. The van der Waals surface area contributed by atoms with Crippen molar-refractivity contribution in [3.63, 3.8) is 0 Å². The number of allylic oxidation sites excluding steroid dienone is 4. The monoisotopic (exact) mass is 732 g/mol. The molecule has 9 atom stereocenters. The molecule has 7 aliphatic rings. The van der Waals surface area contributed by atoms with Crippen LogP contribution in [0.1, 0.15) is 141 Å². The Bertz CT molecular complexity index is 1770. The predicted octanol–water partition coefficient (Wildman–Crippen LogP) is 10.3. The summed E-state index contributed by atoms with van der Waals surface area (Å²) in [6.45, 7) is 12.1. The lowest BCUT2D eigenvalue weighted by Gasteiger charge is -2.58. The SMILES string of the molecule is CC1=CC(C)=[N+]2C1=C(CCCC(=O)OC[C@@H](C)[C@H]1CC[C@H]3[C@@H]4CC=C5C[C@@H](OC6CCCCO6)CC[C@]5(C)[C@H]4CC[C@]13C)c1c(C)cc(C)n1[B-]2(F)F. The minimum absolute atomic E-state index is 0.00794. The highest BCUT2D eigenvalue weighted by atomic mass is 19.2. The summed E-state index contributed by atoms with van der Waals surface area (Å²) < 4.78 is 52.8. The summed E-state index contributed by atoms with van der Waals surface area (Å²) >= 11 is 0. The summed E-state index contributed by atoms with van der Waals surface area (Å²) in [6, 6.07) is 1.86. The Kier molecular flexibility index (Phi) is 9.81. The van der Waals surface area contributed by atoms with Crippen LogP contribution < -0.4 is 0 Å². The van der Waals surface area contributed by atoms with Gasteiger partial charge in [0.15, 0.2) is 12.0 Å². The Morgan fingerprint density at radius 3 is 2.66 bits per heavy atom. The highest BCUT2D eigenvalue weighted by Gasteiger charge is 2.59. The van der Waals surface area contributed by atoms with Gasteiger partial charge in [-0.25, -0.2) is 0 Å². The Balaban J connectivity index is 0.871. The summed E-state index contributed by atoms with van der Waals surface area (Å²) in [4.78, 5) is 13.2. The maximum atomic E-state index is 15.9. The molecule has 4 fully saturated rings. The number of aryl methyl sites for hydroxylation is 2. The van der Waals surface area contributed by atoms with Crippen LogP contribution in [0.15, 0.2) is 35.1 Å². The van der Waals surface area contributed by atoms with Gasteiger partial charge in [-0.3, -0.25) is 4.79 Å². The predicted molar refractivity (Wildman–Crippen MR) is 207 cm³/mol. The second-order valence-corrected chi connectivity index (χ2v) is 18.7. The van der Waals surface area contributed by atoms with Gasteiger partial charge >= 0.3 is 12.9 Å². The molecule has 1 aromatic heterocycles. The zero-order chi connectivity index (χ0) is 37.4. The molecule has 53 heavy (non-hydrogen) atoms. The zero-order valence-electron chi connectivity index (χ0n) is 33.4. The van der Waals surface area contributed by atoms with Gasteiger partial charge < -0.3 is 31.8 Å². The number of carbonyl (C=O) groups excluding carboxylic acids is 1. The van der Waals surface area contributed by atoms with Crippen molar-refractivity contribution in [3.8, 4) is 0 Å². The van der Waals surface area contributed by atoms with Crippen molar-refractivity contribution in [2.24, 2.45) is 40.4 Å². The number of halogens is 2. The number of esters is 1. The van der Waals surface area contributed by atoms with Crippen molar-refractivity contribution < 1.29 is 32.1 Å². The van der Waals surface area contributed by atoms with Crippen molar-refractivity contribution in [2.75, 3.05) is 13.2 Å². The molecule has 0 spiro atoms. The fraction of sp³-hybridized carbons (Fsp3) is 0.727. The van der Waals surface area contributed by atoms with E-state index in [2.05, 4.69) is 26.8 Å². The first-order valence-electron chi connectivity index (χ1n) is 21.1. The number of fused-ring (bicyclic) bond motifs is 7. The lowest BCUT2D eigenvalue weighted by atomic mass is 9.47. The molecule has 0 N–H and O–H groups in total. The van der Waals surface area contributed by atoms with Crippen molar-refractivity contribution in [1.29, 1.82) is 0 Å². The molecule has 3 saturated carbocycles. The zero-order valence-corrected chi connectivity index (χ0v) is 33.4. The Labute approximate surface area is 316 Å². The molecule has 9 heteroatoms. The van der Waals surface area contributed by atoms with E-state index in [1.54, 1.807) is 19.4 Å². The van der Waals surface area contributed by atoms with Crippen molar-refractivity contribution >= 4 is 24.2 Å². The molecule has 1 saturated heterocycles. The smallest absolute Gasteiger partial charge is 0.465 e. The third kappa shape index (κ3) is 6.17. The van der Waals surface area contributed by atoms with E-state index in [4.69, 9.17) is 14.2 Å². The van der Waals surface area contributed by atoms with E-state index in [-0.39, 0.29) is 29.5 Å². The maximum absolute atomic E-state index is 15.9. The highest BCUT2D eigenvalue weighted by Crippen LogP contribution is 2.67. The molecule has 4 aliphatic carbocycles. The molecule has 0 aromatic carbocycles. The van der Waals surface area contributed by atoms with E-state index in [0.717, 1.165) is 66.8 Å². The summed E-state index contributed by atoms with van der Waals surface area (Å²) in [5, 5.41) is 0. The molecule has 8 rings (SSSR count). The van der Waals surface area contributed by atoms with E-state index in [0.29, 0.717) is 60.2 Å². The molecule has 0 bridgehead atoms. The molecule has 4 heterocycles. The standard InChI is InChI=1S/C44H63BF2N2O4/c1-27-23-30(4)48-41(27)35(42-28(2)24-31(5)49(42)45(48,46)47)11-10-12-39(50)52-26-29(3)36-16-17-37-34-15-14-32-25-33(53-40-13-8-9-22-51-40)18-20-43(32,6)38(34)19-21-44(36,37)7/h14,23-24,29,33-34,36-38,40H,8-13,15-22,25-26H2,1-7H3/t29-,33+,34+,36-,37+,38+,40?,43+,44-/m1/s1. The van der Waals surface area contributed by atoms with Gasteiger partial charge in [-0.1, -0.05) is 32.4 Å². The molecular formula is C44H63BF2N2O4. The van der Waals surface area contributed by atoms with Crippen molar-refractivity contribution in [3.05, 3.63) is 52.0 Å². The fourth-order valence-corrected chi connectivity index (χ4v) is 13.2. The number of ether oxygens (including phenoxy) is 3. The van der Waals surface area contributed by atoms with Gasteiger partial charge in [0.25, 0.3) is 0 Å². The summed E-state index contributed by atoms with van der Waals surface area (Å²) in [7, 11) is 0. The van der Waals surface area contributed by atoms with Crippen LogP contribution in [0.2, 0.25) is 0 Å². The van der Waals surface area contributed by atoms with Crippen molar-refractivity contribution in [1.82, 2.24) is 4.48 Å². The minimum Gasteiger partial charge on any atom is -0.465 e. The third-order valence-corrected chi connectivity index (χ3v) is 15.6. The molecule has 3 aliphatic heterocycles. The van der Waals surface area contributed by atoms with Gasteiger partial charge in [0.2, 0.25) is 0 Å². The van der Waals surface area contributed by atoms with E-state index in [9.17, 15) is 4.79 Å². The van der Waals surface area contributed by atoms with Crippen LogP contribution in [-0.2, 0) is 19.0 Å². The molecule has 0 amide bonds. The Morgan fingerprint density at radius 1 is 1.08 bits per heavy atom. The van der Waals surface area contributed by atoms with Crippen LogP contribution in [-0.4, -0.2) is 53.2 Å². The number of aromatic nitrogens is 1. The first kappa shape index (κ1) is 37.4. The lowest BCUT2D eigenvalue weighted by Crippen LogP contribution is -2.51. The third-order valence-electron chi connectivity index (χ3n) is 15.6. The van der Waals surface area contributed by atoms with Crippen LogP contribution in [0.25, 0.3) is 5.57 Å². The fourth-order valence-electron chi connectivity index (χ4n) is 13.2. The number of hydrogen-bond acceptors (Lipinski definition) is 4. The van der Waals surface area contributed by atoms with Gasteiger partial charge in [-0.15, -0.1) is 0 Å². The molecular weight excluding hydrogens is 669 g/mol. The largest absolute Gasteiger partial charge is 0.737 e. The van der Waals surface area contributed by atoms with Crippen LogP contribution in [0.3, 0.4) is 0 Å². The summed E-state index contributed by atoms with van der Waals surface area (Å²) in [5.74, 6) is 2.90. The molecule has 6 nitrogen and oxygen atoms in total. The van der Waals surface area contributed by atoms with Gasteiger partial charge in [0.05, 0.1) is 12.7 Å². The summed E-state index contributed by atoms with van der Waals surface area (Å²) in [6.07, 6.45) is 19.3. The van der Waals surface area contributed by atoms with E-state index in [1.807, 2.05) is 26.0 Å². The normalized spacial score (nSPS) is 36.5. The first-order chi connectivity index (χ1) is 25.2. The highest BCUT2D eigenvalue weighted by molar-refractivity contribution is 6.58. The number of carbonyl (C=O) groups is 1. The lowest BCUT2D eigenvalue weighted by molar-refractivity contribution is -0.363. The van der Waals surface area contributed by atoms with E-state index in [1.165, 1.54) is 53.9 Å². The average molecular weight is 733 g/mol. The number of nitrogens with zero attached hydrogens (tertiary/aromatic N) is 2. The van der Waals surface area contributed by atoms with Gasteiger partial charge in [0, 0.05) is 42.9 Å². The first-order valence-corrected chi connectivity index (χ1v) is 21.1. The van der Waals surface area contributed by atoms with Gasteiger partial charge in [-0.05, 0) is 162 Å². The van der Waals surface area contributed by atoms with Gasteiger partial charge in [0.1, 0.15) is 5.71 Å². The molecule has 0 radical (unpaired) electrons. The average Bonchev–Trinajstić information content (AvgIpc) is 3.74. The summed E-state index contributed by atoms with van der Waals surface area (Å²) in [5.41, 5.74) is 7.22. The Morgan fingerprint density at radius 2 is 1.89 bits per heavy atom. The van der Waals surface area contributed by atoms with Crippen LogP contribution >= 0.6 is 0 Å². The van der Waals surface area contributed by atoms with E-state index < -0.39 is 6.97 Å². The van der Waals surface area contributed by atoms with Crippen LogP contribution in [0.4, 0.5) is 8.63 Å². The van der Waals surface area contributed by atoms with E-state index >= 15 is 8.63 Å². The number of rotatable bonds is 9.